The molecule has 0 aliphatic rings. The third kappa shape index (κ3) is 4.15. The number of nitrogens with zero attached hydrogens (tertiary/aromatic N) is 2. The maximum Gasteiger partial charge on any atom is 0.262 e. The molecule has 0 aromatic carbocycles. The lowest BCUT2D eigenvalue weighted by molar-refractivity contribution is 0.219. The number of anilines is 1. The molecule has 0 unspecified atom stereocenters. The van der Waals surface area contributed by atoms with Gasteiger partial charge in [0.25, 0.3) is 10.0 Å². The van der Waals surface area contributed by atoms with Crippen LogP contribution in [0, 0.1) is 0 Å². The van der Waals surface area contributed by atoms with Crippen molar-refractivity contribution < 1.29 is 13.5 Å². The molecule has 2 N–H and O–H groups in total. The van der Waals surface area contributed by atoms with Crippen molar-refractivity contribution in [3.8, 4) is 0 Å². The average Bonchev–Trinajstić information content (AvgIpc) is 2.48. The summed E-state index contributed by atoms with van der Waals surface area (Å²) in [4.78, 5) is 4.05. The van der Waals surface area contributed by atoms with E-state index in [2.05, 4.69) is 10.3 Å². The van der Waals surface area contributed by atoms with Gasteiger partial charge in [-0.1, -0.05) is 13.8 Å². The molecule has 0 radical (unpaired) electrons. The van der Waals surface area contributed by atoms with Gasteiger partial charge >= 0.3 is 0 Å². The van der Waals surface area contributed by atoms with Crippen LogP contribution >= 0.6 is 0 Å². The molecule has 0 spiro atoms. The van der Waals surface area contributed by atoms with Crippen LogP contribution in [0.2, 0.25) is 0 Å². The molecule has 1 aromatic heterocycles. The van der Waals surface area contributed by atoms with Crippen LogP contribution in [-0.4, -0.2) is 48.6 Å². The van der Waals surface area contributed by atoms with Gasteiger partial charge in [0.1, 0.15) is 0 Å². The summed E-state index contributed by atoms with van der Waals surface area (Å²) in [6, 6.07) is 3.26. The van der Waals surface area contributed by atoms with Gasteiger partial charge in [-0.3, -0.25) is 0 Å². The zero-order valence-electron chi connectivity index (χ0n) is 12.9. The van der Waals surface area contributed by atoms with Crippen LogP contribution in [-0.2, 0) is 10.0 Å². The van der Waals surface area contributed by atoms with Crippen LogP contribution in [0.3, 0.4) is 0 Å². The highest BCUT2D eigenvalue weighted by molar-refractivity contribution is 7.89. The lowest BCUT2D eigenvalue weighted by Gasteiger charge is -2.29. The largest absolute Gasteiger partial charge is 0.395 e. The van der Waals surface area contributed by atoms with Crippen LogP contribution < -0.4 is 5.32 Å². The van der Waals surface area contributed by atoms with E-state index in [4.69, 9.17) is 0 Å². The monoisotopic (exact) mass is 315 g/mol. The maximum absolute atomic E-state index is 12.9. The highest BCUT2D eigenvalue weighted by Gasteiger charge is 2.32. The summed E-state index contributed by atoms with van der Waals surface area (Å²) >= 11 is 0. The Morgan fingerprint density at radius 2 is 2.00 bits per heavy atom. The number of hydrogen-bond donors (Lipinski definition) is 2. The fourth-order valence-electron chi connectivity index (χ4n) is 2.33. The molecular weight excluding hydrogens is 290 g/mol. The second-order valence-corrected chi connectivity index (χ2v) is 6.50. The van der Waals surface area contributed by atoms with E-state index in [-0.39, 0.29) is 24.2 Å². The molecular formula is C14H25N3O3S. The maximum atomic E-state index is 12.9. The predicted octanol–water partition coefficient (Wildman–Crippen LogP) is 1.68. The third-order valence-corrected chi connectivity index (χ3v) is 5.27. The number of pyridine rings is 1. The van der Waals surface area contributed by atoms with Crippen molar-refractivity contribution in [1.29, 1.82) is 0 Å². The number of nitrogens with one attached hydrogen (secondary N) is 1. The number of hydrogen-bond acceptors (Lipinski definition) is 5. The number of aliphatic hydroxyl groups is 1. The first-order valence-corrected chi connectivity index (χ1v) is 8.78. The Bertz CT molecular complexity index is 530. The SMILES string of the molecule is CCNc1cccnc1S(=O)(=O)N(CCO)C(CC)CC. The Morgan fingerprint density at radius 3 is 2.52 bits per heavy atom. The Morgan fingerprint density at radius 1 is 1.33 bits per heavy atom. The highest BCUT2D eigenvalue weighted by Crippen LogP contribution is 2.25. The van der Waals surface area contributed by atoms with Crippen LogP contribution in [0.25, 0.3) is 0 Å². The number of sulfonamides is 1. The predicted molar refractivity (Wildman–Crippen MR) is 83.7 cm³/mol. The first kappa shape index (κ1) is 17.9. The molecule has 0 aliphatic heterocycles. The first-order valence-electron chi connectivity index (χ1n) is 7.34. The Kier molecular flexibility index (Phi) is 7.07. The van der Waals surface area contributed by atoms with Crippen LogP contribution in [0.4, 0.5) is 5.69 Å². The molecule has 0 saturated carbocycles. The van der Waals surface area contributed by atoms with Crippen molar-refractivity contribution in [3.05, 3.63) is 18.3 Å². The van der Waals surface area contributed by atoms with Gasteiger partial charge in [-0.2, -0.15) is 4.31 Å². The second-order valence-electron chi connectivity index (χ2n) is 4.70. The van der Waals surface area contributed by atoms with Gasteiger partial charge in [0, 0.05) is 25.3 Å². The average molecular weight is 315 g/mol. The Hall–Kier alpha value is -1.18. The van der Waals surface area contributed by atoms with Crippen molar-refractivity contribution in [3.63, 3.8) is 0 Å². The quantitative estimate of drug-likeness (QED) is 0.724. The summed E-state index contributed by atoms with van der Waals surface area (Å²) in [5, 5.41) is 12.3. The Balaban J connectivity index is 3.28. The van der Waals surface area contributed by atoms with Crippen molar-refractivity contribution in [2.75, 3.05) is 25.0 Å². The summed E-state index contributed by atoms with van der Waals surface area (Å²) in [6.45, 7) is 6.26. The summed E-state index contributed by atoms with van der Waals surface area (Å²) in [7, 11) is -3.74. The van der Waals surface area contributed by atoms with Gasteiger partial charge in [0.05, 0.1) is 12.3 Å². The zero-order valence-corrected chi connectivity index (χ0v) is 13.7. The zero-order chi connectivity index (χ0) is 15.9. The topological polar surface area (TPSA) is 82.5 Å². The van der Waals surface area contributed by atoms with Crippen LogP contribution in [0.1, 0.15) is 33.6 Å². The molecule has 0 fully saturated rings. The summed E-state index contributed by atoms with van der Waals surface area (Å²) in [6.07, 6.45) is 2.86. The van der Waals surface area contributed by atoms with E-state index >= 15 is 0 Å². The minimum Gasteiger partial charge on any atom is -0.395 e. The fourth-order valence-corrected chi connectivity index (χ4v) is 4.17. The van der Waals surface area contributed by atoms with Crippen molar-refractivity contribution in [2.24, 2.45) is 0 Å². The molecule has 0 saturated heterocycles. The second kappa shape index (κ2) is 8.31. The van der Waals surface area contributed by atoms with E-state index in [1.54, 1.807) is 12.1 Å². The molecule has 0 aliphatic carbocycles. The smallest absolute Gasteiger partial charge is 0.262 e. The standard InChI is InChI=1S/C14H25N3O3S/c1-4-12(5-2)17(10-11-18)21(19,20)14-13(15-6-3)8-7-9-16-14/h7-9,12,15,18H,4-6,10-11H2,1-3H3. The summed E-state index contributed by atoms with van der Waals surface area (Å²) in [5.41, 5.74) is 0.494. The molecule has 1 heterocycles. The van der Waals surface area contributed by atoms with Crippen LogP contribution in [0.5, 0.6) is 0 Å². The van der Waals surface area contributed by atoms with E-state index in [1.807, 2.05) is 20.8 Å². The number of rotatable bonds is 9. The molecule has 1 aromatic rings. The van der Waals surface area contributed by atoms with Gasteiger partial charge in [0.2, 0.25) is 0 Å². The molecule has 21 heavy (non-hydrogen) atoms. The van der Waals surface area contributed by atoms with Crippen molar-refractivity contribution in [2.45, 2.75) is 44.7 Å². The lowest BCUT2D eigenvalue weighted by Crippen LogP contribution is -2.42. The van der Waals surface area contributed by atoms with Gasteiger partial charge in [-0.25, -0.2) is 13.4 Å². The van der Waals surface area contributed by atoms with Gasteiger partial charge in [-0.05, 0) is 31.9 Å². The van der Waals surface area contributed by atoms with Gasteiger partial charge in [0.15, 0.2) is 5.03 Å². The minimum atomic E-state index is -3.74. The fraction of sp³-hybridized carbons (Fsp3) is 0.643. The van der Waals surface area contributed by atoms with E-state index in [9.17, 15) is 13.5 Å². The molecule has 0 amide bonds. The van der Waals surface area contributed by atoms with E-state index in [0.717, 1.165) is 0 Å². The summed E-state index contributed by atoms with van der Waals surface area (Å²) in [5.74, 6) is 0. The lowest BCUT2D eigenvalue weighted by atomic mass is 10.2. The highest BCUT2D eigenvalue weighted by atomic mass is 32.2. The third-order valence-electron chi connectivity index (χ3n) is 3.36. The van der Waals surface area contributed by atoms with E-state index < -0.39 is 10.0 Å². The van der Waals surface area contributed by atoms with Gasteiger partial charge in [-0.15, -0.1) is 0 Å². The summed E-state index contributed by atoms with van der Waals surface area (Å²) < 4.78 is 27.1. The minimum absolute atomic E-state index is 0.0206. The van der Waals surface area contributed by atoms with Crippen molar-refractivity contribution in [1.82, 2.24) is 9.29 Å². The Labute approximate surface area is 127 Å². The molecule has 6 nitrogen and oxygen atoms in total. The van der Waals surface area contributed by atoms with Crippen molar-refractivity contribution >= 4 is 15.7 Å². The molecule has 0 bridgehead atoms. The normalized spacial score (nSPS) is 12.1. The number of aliphatic hydroxyl groups excluding tert-OH is 1. The molecule has 120 valence electrons. The number of aromatic nitrogens is 1. The molecule has 1 rings (SSSR count). The first-order chi connectivity index (χ1) is 10.0. The van der Waals surface area contributed by atoms with Crippen LogP contribution in [0.15, 0.2) is 23.4 Å². The molecule has 7 heteroatoms. The van der Waals surface area contributed by atoms with E-state index in [0.29, 0.717) is 25.1 Å². The van der Waals surface area contributed by atoms with E-state index in [1.165, 1.54) is 10.5 Å². The molecule has 0 atom stereocenters. The van der Waals surface area contributed by atoms with Gasteiger partial charge < -0.3 is 10.4 Å².